The number of phenols is 1. The fourth-order valence-electron chi connectivity index (χ4n) is 3.06. The first-order valence-corrected chi connectivity index (χ1v) is 7.60. The lowest BCUT2D eigenvalue weighted by Crippen LogP contribution is -2.26. The van der Waals surface area contributed by atoms with Crippen LogP contribution in [0.1, 0.15) is 5.56 Å². The number of aromatic nitrogens is 1. The van der Waals surface area contributed by atoms with Crippen LogP contribution in [0.25, 0.3) is 10.9 Å². The standard InChI is InChI=1S/C19H16N2O2/c22-14-5-7-18-17(10-14)13(11-21-18)8-9-20-19(23)16-6-4-12-2-1-3-15(12)16/h1-7,10-11,21-22H,8-9H2,(H,20,23). The highest BCUT2D eigenvalue weighted by Gasteiger charge is 2.19. The van der Waals surface area contributed by atoms with Crippen LogP contribution < -0.4 is 5.32 Å². The van der Waals surface area contributed by atoms with Gasteiger partial charge in [0, 0.05) is 29.2 Å². The van der Waals surface area contributed by atoms with Gasteiger partial charge in [-0.15, -0.1) is 0 Å². The molecule has 2 aliphatic rings. The molecule has 0 aliphatic heterocycles. The number of aromatic amines is 1. The van der Waals surface area contributed by atoms with E-state index in [9.17, 15) is 9.90 Å². The molecule has 1 aromatic heterocycles. The van der Waals surface area contributed by atoms with Gasteiger partial charge in [0.05, 0.1) is 0 Å². The number of aromatic hydroxyl groups is 1. The molecule has 4 heteroatoms. The third-order valence-corrected chi connectivity index (χ3v) is 4.24. The smallest absolute Gasteiger partial charge is 0.251 e. The summed E-state index contributed by atoms with van der Waals surface area (Å²) in [5, 5.41) is 13.6. The Labute approximate surface area is 133 Å². The van der Waals surface area contributed by atoms with Crippen LogP contribution in [-0.2, 0) is 11.2 Å². The third kappa shape index (κ3) is 2.38. The van der Waals surface area contributed by atoms with E-state index in [2.05, 4.69) is 10.3 Å². The van der Waals surface area contributed by atoms with Gasteiger partial charge in [0.25, 0.3) is 5.91 Å². The largest absolute Gasteiger partial charge is 0.508 e. The first-order chi connectivity index (χ1) is 11.2. The van der Waals surface area contributed by atoms with Crippen molar-refractivity contribution in [3.63, 3.8) is 0 Å². The summed E-state index contributed by atoms with van der Waals surface area (Å²) in [5.41, 5.74) is 4.89. The molecule has 2 aliphatic carbocycles. The molecule has 4 nitrogen and oxygen atoms in total. The molecular formula is C19H16N2O2. The van der Waals surface area contributed by atoms with Gasteiger partial charge in [0.2, 0.25) is 0 Å². The lowest BCUT2D eigenvalue weighted by molar-refractivity contribution is -0.117. The Bertz CT molecular complexity index is 926. The topological polar surface area (TPSA) is 65.1 Å². The Balaban J connectivity index is 1.44. The highest BCUT2D eigenvalue weighted by molar-refractivity contribution is 6.00. The minimum Gasteiger partial charge on any atom is -0.508 e. The summed E-state index contributed by atoms with van der Waals surface area (Å²) in [6.07, 6.45) is 12.4. The summed E-state index contributed by atoms with van der Waals surface area (Å²) in [6.45, 7) is 0.550. The number of H-pyrrole nitrogens is 1. The number of allylic oxidation sites excluding steroid dienone is 6. The number of hydrogen-bond donors (Lipinski definition) is 3. The van der Waals surface area contributed by atoms with Crippen LogP contribution in [0.4, 0.5) is 0 Å². The molecule has 114 valence electrons. The van der Waals surface area contributed by atoms with Crippen LogP contribution in [0, 0.1) is 0 Å². The molecule has 2 aromatic rings. The molecule has 0 fully saturated rings. The van der Waals surface area contributed by atoms with Crippen molar-refractivity contribution >= 4 is 16.8 Å². The molecule has 1 amide bonds. The van der Waals surface area contributed by atoms with Crippen molar-refractivity contribution in [1.29, 1.82) is 0 Å². The summed E-state index contributed by atoms with van der Waals surface area (Å²) in [7, 11) is 0. The zero-order chi connectivity index (χ0) is 15.8. The van der Waals surface area contributed by atoms with Crippen molar-refractivity contribution in [2.45, 2.75) is 6.42 Å². The average molecular weight is 304 g/mol. The number of amides is 1. The molecule has 3 N–H and O–H groups in total. The quantitative estimate of drug-likeness (QED) is 0.813. The summed E-state index contributed by atoms with van der Waals surface area (Å²) in [5.74, 6) is 0.201. The number of nitrogens with one attached hydrogen (secondary N) is 2. The lowest BCUT2D eigenvalue weighted by Gasteiger charge is -2.06. The number of phenolic OH excluding ortho intramolecular Hbond substituents is 1. The molecule has 0 radical (unpaired) electrons. The third-order valence-electron chi connectivity index (χ3n) is 4.24. The van der Waals surface area contributed by atoms with Crippen molar-refractivity contribution in [3.8, 4) is 5.75 Å². The highest BCUT2D eigenvalue weighted by Crippen LogP contribution is 2.29. The van der Waals surface area contributed by atoms with E-state index in [1.165, 1.54) is 0 Å². The van der Waals surface area contributed by atoms with Gasteiger partial charge in [-0.3, -0.25) is 4.79 Å². The molecule has 4 rings (SSSR count). The fourth-order valence-corrected chi connectivity index (χ4v) is 3.06. The van der Waals surface area contributed by atoms with E-state index in [0.29, 0.717) is 13.0 Å². The van der Waals surface area contributed by atoms with E-state index < -0.39 is 0 Å². The van der Waals surface area contributed by atoms with Crippen molar-refractivity contribution < 1.29 is 9.90 Å². The minimum atomic E-state index is -0.0473. The van der Waals surface area contributed by atoms with E-state index >= 15 is 0 Å². The zero-order valence-corrected chi connectivity index (χ0v) is 12.5. The molecular weight excluding hydrogens is 288 g/mol. The molecule has 0 saturated carbocycles. The van der Waals surface area contributed by atoms with E-state index in [4.69, 9.17) is 0 Å². The van der Waals surface area contributed by atoms with Gasteiger partial charge in [-0.1, -0.05) is 24.3 Å². The second-order valence-corrected chi connectivity index (χ2v) is 5.69. The maximum atomic E-state index is 12.3. The first-order valence-electron chi connectivity index (χ1n) is 7.60. The molecule has 23 heavy (non-hydrogen) atoms. The SMILES string of the molecule is O=C(NCCc1c[nH]c2ccc(O)cc12)C1=C2C=CC=C2C=C1. The Morgan fingerprint density at radius 1 is 1.22 bits per heavy atom. The Morgan fingerprint density at radius 3 is 3.04 bits per heavy atom. The Kier molecular flexibility index (Phi) is 3.15. The fraction of sp³-hybridized carbons (Fsp3) is 0.105. The van der Waals surface area contributed by atoms with Gasteiger partial charge in [-0.25, -0.2) is 0 Å². The number of fused-ring (bicyclic) bond motifs is 2. The maximum absolute atomic E-state index is 12.3. The van der Waals surface area contributed by atoms with Crippen LogP contribution >= 0.6 is 0 Å². The predicted molar refractivity (Wildman–Crippen MR) is 90.1 cm³/mol. The van der Waals surface area contributed by atoms with Gasteiger partial charge in [0.15, 0.2) is 0 Å². The Morgan fingerprint density at radius 2 is 2.13 bits per heavy atom. The number of carbonyl (C=O) groups is 1. The second kappa shape index (κ2) is 5.32. The van der Waals surface area contributed by atoms with E-state index in [1.807, 2.05) is 42.6 Å². The summed E-state index contributed by atoms with van der Waals surface area (Å²) in [4.78, 5) is 15.5. The van der Waals surface area contributed by atoms with Crippen LogP contribution in [0.5, 0.6) is 5.75 Å². The molecule has 1 aromatic carbocycles. The van der Waals surface area contributed by atoms with Crippen LogP contribution in [-0.4, -0.2) is 22.5 Å². The lowest BCUT2D eigenvalue weighted by atomic mass is 10.1. The molecule has 0 bridgehead atoms. The van der Waals surface area contributed by atoms with Crippen LogP contribution in [0.15, 0.2) is 71.5 Å². The molecule has 0 spiro atoms. The molecule has 1 heterocycles. The number of carbonyl (C=O) groups excluding carboxylic acids is 1. The monoisotopic (exact) mass is 304 g/mol. The molecule has 0 unspecified atom stereocenters. The second-order valence-electron chi connectivity index (χ2n) is 5.69. The van der Waals surface area contributed by atoms with Gasteiger partial charge in [0.1, 0.15) is 5.75 Å². The Hall–Kier alpha value is -3.01. The summed E-state index contributed by atoms with van der Waals surface area (Å²) in [6, 6.07) is 5.25. The number of benzene rings is 1. The summed E-state index contributed by atoms with van der Waals surface area (Å²) >= 11 is 0. The van der Waals surface area contributed by atoms with E-state index in [0.717, 1.165) is 33.2 Å². The van der Waals surface area contributed by atoms with E-state index in [1.54, 1.807) is 12.1 Å². The summed E-state index contributed by atoms with van der Waals surface area (Å²) < 4.78 is 0. The van der Waals surface area contributed by atoms with Crippen molar-refractivity contribution in [3.05, 3.63) is 77.1 Å². The first kappa shape index (κ1) is 13.6. The van der Waals surface area contributed by atoms with E-state index in [-0.39, 0.29) is 11.7 Å². The van der Waals surface area contributed by atoms with Gasteiger partial charge in [-0.05, 0) is 47.4 Å². The maximum Gasteiger partial charge on any atom is 0.251 e. The molecule has 0 atom stereocenters. The number of hydrogen-bond acceptors (Lipinski definition) is 2. The van der Waals surface area contributed by atoms with Gasteiger partial charge < -0.3 is 15.4 Å². The number of rotatable bonds is 4. The van der Waals surface area contributed by atoms with Gasteiger partial charge >= 0.3 is 0 Å². The predicted octanol–water partition coefficient (Wildman–Crippen LogP) is 2.89. The van der Waals surface area contributed by atoms with Gasteiger partial charge in [-0.2, -0.15) is 0 Å². The molecule has 0 saturated heterocycles. The van der Waals surface area contributed by atoms with Crippen molar-refractivity contribution in [2.24, 2.45) is 0 Å². The minimum absolute atomic E-state index is 0.0473. The van der Waals surface area contributed by atoms with Crippen molar-refractivity contribution in [1.82, 2.24) is 10.3 Å². The van der Waals surface area contributed by atoms with Crippen LogP contribution in [0.2, 0.25) is 0 Å². The normalized spacial score (nSPS) is 15.4. The average Bonchev–Trinajstić information content (AvgIpc) is 3.22. The van der Waals surface area contributed by atoms with Crippen molar-refractivity contribution in [2.75, 3.05) is 6.54 Å². The zero-order valence-electron chi connectivity index (χ0n) is 12.5. The highest BCUT2D eigenvalue weighted by atomic mass is 16.3. The van der Waals surface area contributed by atoms with Crippen LogP contribution in [0.3, 0.4) is 0 Å².